The zero-order chi connectivity index (χ0) is 10.4. The van der Waals surface area contributed by atoms with Crippen LogP contribution in [0.4, 0.5) is 0 Å². The van der Waals surface area contributed by atoms with Gasteiger partial charge in [0, 0.05) is 0 Å². The number of halogens is 1. The van der Waals surface area contributed by atoms with Gasteiger partial charge in [0.15, 0.2) is 0 Å². The quantitative estimate of drug-likeness (QED) is 0.710. The number of hydrazine groups is 1. The Balaban J connectivity index is 2.05. The Morgan fingerprint density at radius 2 is 2.53 bits per heavy atom. The largest absolute Gasteiger partial charge is 0.284 e. The van der Waals surface area contributed by atoms with E-state index >= 15 is 0 Å². The van der Waals surface area contributed by atoms with Crippen molar-refractivity contribution in [1.29, 1.82) is 0 Å². The summed E-state index contributed by atoms with van der Waals surface area (Å²) in [5.74, 6) is 0.737. The Hall–Kier alpha value is -0.680. The molecule has 0 saturated carbocycles. The summed E-state index contributed by atoms with van der Waals surface area (Å²) < 4.78 is 0. The molecule has 15 heavy (non-hydrogen) atoms. The number of allylic oxidation sites excluding steroid dienone is 1. The zero-order valence-corrected chi connectivity index (χ0v) is 9.85. The number of fused-ring (bicyclic) bond motifs is 1. The highest BCUT2D eigenvalue weighted by Gasteiger charge is 2.38. The summed E-state index contributed by atoms with van der Waals surface area (Å²) >= 11 is 8.02. The molecule has 0 bridgehead atoms. The normalized spacial score (nSPS) is 32.7. The molecular weight excluding hydrogens is 232 g/mol. The number of alkyl halides is 1. The zero-order valence-electron chi connectivity index (χ0n) is 8.27. The molecule has 0 aromatic rings. The van der Waals surface area contributed by atoms with Crippen LogP contribution in [0.2, 0.25) is 0 Å². The lowest BCUT2D eigenvalue weighted by molar-refractivity contribution is 0.385. The summed E-state index contributed by atoms with van der Waals surface area (Å²) in [7, 11) is 0. The van der Waals surface area contributed by atoms with E-state index in [4.69, 9.17) is 11.6 Å². The van der Waals surface area contributed by atoms with Crippen molar-refractivity contribution in [2.75, 3.05) is 6.26 Å². The molecule has 2 heterocycles. The smallest absolute Gasteiger partial charge is 0.247 e. The van der Waals surface area contributed by atoms with Crippen molar-refractivity contribution < 1.29 is 0 Å². The van der Waals surface area contributed by atoms with Gasteiger partial charge in [0.2, 0.25) is 5.96 Å². The Morgan fingerprint density at radius 3 is 3.33 bits per heavy atom. The van der Waals surface area contributed by atoms with Gasteiger partial charge in [-0.05, 0) is 24.7 Å². The molecule has 4 nitrogen and oxygen atoms in total. The first-order valence-corrected chi connectivity index (χ1v) is 6.60. The van der Waals surface area contributed by atoms with Gasteiger partial charge in [-0.3, -0.25) is 5.43 Å². The number of aliphatic imine (C=N–C) groups is 2. The first-order valence-electron chi connectivity index (χ1n) is 4.87. The lowest BCUT2D eigenvalue weighted by atomic mass is 10.2. The highest BCUT2D eigenvalue weighted by molar-refractivity contribution is 7.99. The maximum atomic E-state index is 6.23. The van der Waals surface area contributed by atoms with Crippen molar-refractivity contribution in [3.63, 3.8) is 0 Å². The first-order chi connectivity index (χ1) is 7.31. The molecule has 2 aliphatic heterocycles. The molecule has 3 rings (SSSR count). The van der Waals surface area contributed by atoms with Crippen LogP contribution in [0.1, 0.15) is 12.8 Å². The maximum absolute atomic E-state index is 6.23. The summed E-state index contributed by atoms with van der Waals surface area (Å²) in [4.78, 5) is 8.69. The average molecular weight is 243 g/mol. The molecule has 0 saturated heterocycles. The van der Waals surface area contributed by atoms with Crippen molar-refractivity contribution in [1.82, 2.24) is 10.4 Å². The molecular formula is C9H11ClN4S. The fourth-order valence-electron chi connectivity index (χ4n) is 2.18. The van der Waals surface area contributed by atoms with E-state index in [2.05, 4.69) is 21.7 Å². The molecule has 0 aromatic heterocycles. The molecule has 80 valence electrons. The van der Waals surface area contributed by atoms with Gasteiger partial charge >= 0.3 is 0 Å². The van der Waals surface area contributed by atoms with E-state index in [0.29, 0.717) is 5.37 Å². The molecule has 6 heteroatoms. The second-order valence-electron chi connectivity index (χ2n) is 3.67. The second kappa shape index (κ2) is 3.42. The lowest BCUT2D eigenvalue weighted by Crippen LogP contribution is -2.45. The highest BCUT2D eigenvalue weighted by Crippen LogP contribution is 2.40. The molecule has 1 N–H and O–H groups in total. The highest BCUT2D eigenvalue weighted by atomic mass is 35.5. The molecule has 0 spiro atoms. The second-order valence-corrected chi connectivity index (χ2v) is 5.12. The number of hydrogen-bond donors (Lipinski definition) is 1. The van der Waals surface area contributed by atoms with Gasteiger partial charge in [0.25, 0.3) is 0 Å². The number of nitrogens with one attached hydrogen (secondary N) is 1. The molecule has 3 aliphatic rings. The van der Waals surface area contributed by atoms with E-state index in [1.54, 1.807) is 18.1 Å². The Labute approximate surface area is 97.4 Å². The molecule has 2 atom stereocenters. The molecule has 1 aliphatic carbocycles. The van der Waals surface area contributed by atoms with Crippen LogP contribution in [0.15, 0.2) is 21.3 Å². The summed E-state index contributed by atoms with van der Waals surface area (Å²) in [5, 5.41) is 2.36. The minimum atomic E-state index is 0.0695. The van der Waals surface area contributed by atoms with Gasteiger partial charge < -0.3 is 0 Å². The molecule has 0 radical (unpaired) electrons. The number of thioether (sulfide) groups is 1. The van der Waals surface area contributed by atoms with Crippen LogP contribution in [0.25, 0.3) is 0 Å². The number of nitrogens with zero attached hydrogens (tertiary/aromatic N) is 3. The molecule has 0 aromatic carbocycles. The first kappa shape index (κ1) is 9.54. The fourth-order valence-corrected chi connectivity index (χ4v) is 3.36. The number of rotatable bonds is 1. The topological polar surface area (TPSA) is 40.0 Å². The summed E-state index contributed by atoms with van der Waals surface area (Å²) in [6, 6.07) is 0. The number of guanidine groups is 1. The van der Waals surface area contributed by atoms with Crippen molar-refractivity contribution in [2.45, 2.75) is 23.6 Å². The van der Waals surface area contributed by atoms with Crippen LogP contribution in [0.3, 0.4) is 0 Å². The monoisotopic (exact) mass is 242 g/mol. The third kappa shape index (κ3) is 1.29. The van der Waals surface area contributed by atoms with Crippen molar-refractivity contribution >= 4 is 35.7 Å². The van der Waals surface area contributed by atoms with E-state index in [0.717, 1.165) is 24.5 Å². The van der Waals surface area contributed by atoms with Gasteiger partial charge in [-0.1, -0.05) is 0 Å². The summed E-state index contributed by atoms with van der Waals surface area (Å²) in [5.41, 5.74) is 5.50. The van der Waals surface area contributed by atoms with Gasteiger partial charge in [-0.15, -0.1) is 23.4 Å². The van der Waals surface area contributed by atoms with Crippen molar-refractivity contribution in [2.24, 2.45) is 9.98 Å². The summed E-state index contributed by atoms with van der Waals surface area (Å²) in [6.45, 7) is 0. The van der Waals surface area contributed by atoms with E-state index < -0.39 is 0 Å². The van der Waals surface area contributed by atoms with Crippen LogP contribution < -0.4 is 5.43 Å². The van der Waals surface area contributed by atoms with E-state index in [1.165, 1.54) is 5.57 Å². The van der Waals surface area contributed by atoms with Crippen LogP contribution in [0.5, 0.6) is 0 Å². The molecule has 0 amide bonds. The number of hydrogen-bond acceptors (Lipinski definition) is 5. The van der Waals surface area contributed by atoms with Crippen molar-refractivity contribution in [3.8, 4) is 0 Å². The Kier molecular flexibility index (Phi) is 2.17. The SMILES string of the molecule is CSC1C2=C(N=C3N=CNN31)C(Cl)CC2. The van der Waals surface area contributed by atoms with Crippen LogP contribution >= 0.6 is 23.4 Å². The standard InChI is InChI=1S/C9H11ClN4S/c1-15-8-5-2-3-6(10)7(5)13-9-11-4-12-14(8)9/h4,6,8H,2-3H2,1H3,(H,11,12,13). The van der Waals surface area contributed by atoms with Gasteiger partial charge in [-0.2, -0.15) is 0 Å². The fraction of sp³-hybridized carbons (Fsp3) is 0.556. The van der Waals surface area contributed by atoms with E-state index in [9.17, 15) is 0 Å². The average Bonchev–Trinajstić information content (AvgIpc) is 2.83. The van der Waals surface area contributed by atoms with Gasteiger partial charge in [0.05, 0.1) is 11.1 Å². The molecule has 2 unspecified atom stereocenters. The van der Waals surface area contributed by atoms with Crippen LogP contribution in [0, 0.1) is 0 Å². The Morgan fingerprint density at radius 1 is 1.67 bits per heavy atom. The van der Waals surface area contributed by atoms with E-state index in [1.807, 2.05) is 5.01 Å². The predicted molar refractivity (Wildman–Crippen MR) is 64.1 cm³/mol. The van der Waals surface area contributed by atoms with Gasteiger partial charge in [-0.25, -0.2) is 15.0 Å². The van der Waals surface area contributed by atoms with Crippen LogP contribution in [-0.4, -0.2) is 34.3 Å². The summed E-state index contributed by atoms with van der Waals surface area (Å²) in [6.07, 6.45) is 5.81. The van der Waals surface area contributed by atoms with Crippen molar-refractivity contribution in [3.05, 3.63) is 11.3 Å². The van der Waals surface area contributed by atoms with Gasteiger partial charge in [0.1, 0.15) is 11.7 Å². The predicted octanol–water partition coefficient (Wildman–Crippen LogP) is 1.55. The third-order valence-electron chi connectivity index (χ3n) is 2.86. The Bertz CT molecular complexity index is 390. The molecule has 0 fully saturated rings. The lowest BCUT2D eigenvalue weighted by Gasteiger charge is -2.31. The van der Waals surface area contributed by atoms with E-state index in [-0.39, 0.29) is 5.38 Å². The maximum Gasteiger partial charge on any atom is 0.247 e. The minimum Gasteiger partial charge on any atom is -0.284 e. The third-order valence-corrected chi connectivity index (χ3v) is 4.23. The minimum absolute atomic E-state index is 0.0695. The van der Waals surface area contributed by atoms with Crippen LogP contribution in [-0.2, 0) is 0 Å².